The number of amides is 2. The molecule has 1 aliphatic rings. The van der Waals surface area contributed by atoms with E-state index in [0.717, 1.165) is 5.56 Å². The fourth-order valence-corrected chi connectivity index (χ4v) is 4.36. The number of rotatable bonds is 7. The first kappa shape index (κ1) is 22.6. The molecule has 2 N–H and O–H groups in total. The van der Waals surface area contributed by atoms with Crippen molar-refractivity contribution in [3.8, 4) is 0 Å². The van der Waals surface area contributed by atoms with Crippen LogP contribution < -0.4 is 5.32 Å². The zero-order chi connectivity index (χ0) is 23.0. The molecule has 1 unspecified atom stereocenters. The Balaban J connectivity index is 1.40. The number of carbonyl (C=O) groups excluding carboxylic acids is 1. The Morgan fingerprint density at radius 3 is 1.73 bits per heavy atom. The van der Waals surface area contributed by atoms with Crippen molar-refractivity contribution in [1.29, 1.82) is 0 Å². The van der Waals surface area contributed by atoms with Crippen molar-refractivity contribution in [3.63, 3.8) is 0 Å². The van der Waals surface area contributed by atoms with Gasteiger partial charge in [-0.25, -0.2) is 9.59 Å². The van der Waals surface area contributed by atoms with Crippen LogP contribution in [0.5, 0.6) is 0 Å². The Bertz CT molecular complexity index is 996. The van der Waals surface area contributed by atoms with Gasteiger partial charge in [0.2, 0.25) is 0 Å². The van der Waals surface area contributed by atoms with Crippen LogP contribution >= 0.6 is 0 Å². The average molecular weight is 444 g/mol. The number of nitrogens with zero attached hydrogens (tertiary/aromatic N) is 2. The van der Waals surface area contributed by atoms with Gasteiger partial charge >= 0.3 is 12.0 Å². The first-order valence-corrected chi connectivity index (χ1v) is 11.3. The lowest BCUT2D eigenvalue weighted by Gasteiger charge is -2.40. The summed E-state index contributed by atoms with van der Waals surface area (Å²) in [5.74, 6) is -1.03. The van der Waals surface area contributed by atoms with E-state index in [1.165, 1.54) is 11.1 Å². The fourth-order valence-electron chi connectivity index (χ4n) is 4.36. The second-order valence-electron chi connectivity index (χ2n) is 8.28. The number of carboxylic acids is 1. The van der Waals surface area contributed by atoms with E-state index in [2.05, 4.69) is 34.5 Å². The minimum atomic E-state index is -1.03. The lowest BCUT2D eigenvalue weighted by Crippen LogP contribution is -2.55. The summed E-state index contributed by atoms with van der Waals surface area (Å²) in [6.45, 7) is 2.50. The number of hydrogen-bond donors (Lipinski definition) is 2. The van der Waals surface area contributed by atoms with E-state index < -0.39 is 12.0 Å². The number of piperazine rings is 1. The summed E-state index contributed by atoms with van der Waals surface area (Å²) in [6.07, 6.45) is 0.256. The van der Waals surface area contributed by atoms with Crippen LogP contribution in [0.25, 0.3) is 0 Å². The van der Waals surface area contributed by atoms with Gasteiger partial charge in [-0.2, -0.15) is 0 Å². The molecule has 0 bridgehead atoms. The summed E-state index contributed by atoms with van der Waals surface area (Å²) in [5, 5.41) is 12.3. The van der Waals surface area contributed by atoms with Crippen LogP contribution in [-0.4, -0.2) is 59.1 Å². The standard InChI is InChI=1S/C27H29N3O3/c31-26(32)24(20-21-10-4-1-5-11-21)28-27(33)30-18-16-29(17-19-30)25(22-12-6-2-7-13-22)23-14-8-3-9-15-23/h1-15,24-25H,16-20H2,(H,28,33)(H,31,32). The van der Waals surface area contributed by atoms with Crippen LogP contribution in [0.1, 0.15) is 22.7 Å². The Morgan fingerprint density at radius 2 is 1.24 bits per heavy atom. The Labute approximate surface area is 194 Å². The maximum absolute atomic E-state index is 12.9. The van der Waals surface area contributed by atoms with Gasteiger partial charge in [0.15, 0.2) is 0 Å². The van der Waals surface area contributed by atoms with Crippen LogP contribution in [0.4, 0.5) is 4.79 Å². The number of aliphatic carboxylic acids is 1. The number of carboxylic acid groups (broad SMARTS) is 1. The first-order chi connectivity index (χ1) is 16.1. The molecule has 3 aromatic carbocycles. The van der Waals surface area contributed by atoms with Gasteiger partial charge in [0.1, 0.15) is 6.04 Å². The quantitative estimate of drug-likeness (QED) is 0.583. The van der Waals surface area contributed by atoms with Crippen molar-refractivity contribution < 1.29 is 14.7 Å². The van der Waals surface area contributed by atoms with Crippen LogP contribution in [0.3, 0.4) is 0 Å². The van der Waals surface area contributed by atoms with E-state index in [0.29, 0.717) is 26.2 Å². The van der Waals surface area contributed by atoms with E-state index in [1.54, 1.807) is 4.90 Å². The minimum Gasteiger partial charge on any atom is -0.480 e. The third kappa shape index (κ3) is 5.79. The normalized spacial score (nSPS) is 15.2. The van der Waals surface area contributed by atoms with Gasteiger partial charge in [0.25, 0.3) is 0 Å². The summed E-state index contributed by atoms with van der Waals surface area (Å²) in [7, 11) is 0. The monoisotopic (exact) mass is 443 g/mol. The predicted molar refractivity (Wildman–Crippen MR) is 128 cm³/mol. The summed E-state index contributed by atoms with van der Waals surface area (Å²) in [6, 6.07) is 29.0. The van der Waals surface area contributed by atoms with Gasteiger partial charge in [0.05, 0.1) is 6.04 Å². The number of carbonyl (C=O) groups is 2. The summed E-state index contributed by atoms with van der Waals surface area (Å²) in [5.41, 5.74) is 3.31. The zero-order valence-electron chi connectivity index (χ0n) is 18.5. The van der Waals surface area contributed by atoms with E-state index in [1.807, 2.05) is 66.7 Å². The fraction of sp³-hybridized carbons (Fsp3) is 0.259. The summed E-state index contributed by atoms with van der Waals surface area (Å²) < 4.78 is 0. The third-order valence-electron chi connectivity index (χ3n) is 6.08. The molecule has 1 aliphatic heterocycles. The van der Waals surface area contributed by atoms with Gasteiger partial charge in [-0.05, 0) is 16.7 Å². The van der Waals surface area contributed by atoms with Gasteiger partial charge in [-0.15, -0.1) is 0 Å². The van der Waals surface area contributed by atoms with Crippen LogP contribution in [-0.2, 0) is 11.2 Å². The molecule has 1 saturated heterocycles. The molecular formula is C27H29N3O3. The molecule has 3 aromatic rings. The molecule has 4 rings (SSSR count). The van der Waals surface area contributed by atoms with Crippen LogP contribution in [0.2, 0.25) is 0 Å². The van der Waals surface area contributed by atoms with Crippen LogP contribution in [0, 0.1) is 0 Å². The second kappa shape index (κ2) is 10.8. The van der Waals surface area contributed by atoms with Crippen molar-refractivity contribution in [2.45, 2.75) is 18.5 Å². The molecule has 1 atom stereocenters. The van der Waals surface area contributed by atoms with E-state index >= 15 is 0 Å². The maximum Gasteiger partial charge on any atom is 0.326 e. The second-order valence-corrected chi connectivity index (χ2v) is 8.28. The molecule has 0 aromatic heterocycles. The summed E-state index contributed by atoms with van der Waals surface area (Å²) in [4.78, 5) is 28.7. The zero-order valence-corrected chi connectivity index (χ0v) is 18.5. The van der Waals surface area contributed by atoms with E-state index in [4.69, 9.17) is 0 Å². The molecule has 1 fully saturated rings. The Kier molecular flexibility index (Phi) is 7.37. The maximum atomic E-state index is 12.9. The SMILES string of the molecule is O=C(O)C(Cc1ccccc1)NC(=O)N1CCN(C(c2ccccc2)c2ccccc2)CC1. The Morgan fingerprint density at radius 1 is 0.758 bits per heavy atom. The average Bonchev–Trinajstić information content (AvgIpc) is 2.86. The topological polar surface area (TPSA) is 72.9 Å². The molecule has 0 radical (unpaired) electrons. The lowest BCUT2D eigenvalue weighted by molar-refractivity contribution is -0.139. The highest BCUT2D eigenvalue weighted by Gasteiger charge is 2.30. The lowest BCUT2D eigenvalue weighted by atomic mass is 9.96. The van der Waals surface area contributed by atoms with Gasteiger partial charge in [-0.1, -0.05) is 91.0 Å². The molecule has 6 heteroatoms. The van der Waals surface area contributed by atoms with Crippen molar-refractivity contribution in [2.24, 2.45) is 0 Å². The molecule has 33 heavy (non-hydrogen) atoms. The largest absolute Gasteiger partial charge is 0.480 e. The molecule has 0 saturated carbocycles. The predicted octanol–water partition coefficient (Wildman–Crippen LogP) is 3.80. The number of nitrogens with one attached hydrogen (secondary N) is 1. The highest BCUT2D eigenvalue weighted by atomic mass is 16.4. The summed E-state index contributed by atoms with van der Waals surface area (Å²) >= 11 is 0. The third-order valence-corrected chi connectivity index (χ3v) is 6.08. The molecule has 6 nitrogen and oxygen atoms in total. The number of hydrogen-bond acceptors (Lipinski definition) is 3. The number of urea groups is 1. The molecule has 1 heterocycles. The molecule has 0 spiro atoms. The van der Waals surface area contributed by atoms with Crippen molar-refractivity contribution in [3.05, 3.63) is 108 Å². The first-order valence-electron chi connectivity index (χ1n) is 11.3. The van der Waals surface area contributed by atoms with Gasteiger partial charge in [-0.3, -0.25) is 4.90 Å². The van der Waals surface area contributed by atoms with Gasteiger partial charge in [0, 0.05) is 32.6 Å². The highest BCUT2D eigenvalue weighted by molar-refractivity contribution is 5.82. The minimum absolute atomic E-state index is 0.113. The van der Waals surface area contributed by atoms with Crippen molar-refractivity contribution in [1.82, 2.24) is 15.1 Å². The number of benzene rings is 3. The van der Waals surface area contributed by atoms with E-state index in [-0.39, 0.29) is 18.5 Å². The van der Waals surface area contributed by atoms with Crippen molar-refractivity contribution in [2.75, 3.05) is 26.2 Å². The molecule has 2 amide bonds. The van der Waals surface area contributed by atoms with Crippen LogP contribution in [0.15, 0.2) is 91.0 Å². The van der Waals surface area contributed by atoms with Gasteiger partial charge < -0.3 is 15.3 Å². The smallest absolute Gasteiger partial charge is 0.326 e. The molecule has 170 valence electrons. The molecular weight excluding hydrogens is 414 g/mol. The van der Waals surface area contributed by atoms with Crippen molar-refractivity contribution >= 4 is 12.0 Å². The Hall–Kier alpha value is -3.64. The molecule has 0 aliphatic carbocycles. The highest BCUT2D eigenvalue weighted by Crippen LogP contribution is 2.29. The van der Waals surface area contributed by atoms with E-state index in [9.17, 15) is 14.7 Å².